The molecule has 1 aliphatic carbocycles. The summed E-state index contributed by atoms with van der Waals surface area (Å²) < 4.78 is 0. The van der Waals surface area contributed by atoms with E-state index in [-0.39, 0.29) is 18.1 Å². The van der Waals surface area contributed by atoms with Crippen LogP contribution in [-0.4, -0.2) is 11.0 Å². The topological polar surface area (TPSA) is 49.3 Å². The minimum absolute atomic E-state index is 0.0106. The van der Waals surface area contributed by atoms with Crippen molar-refractivity contribution in [3.63, 3.8) is 0 Å². The van der Waals surface area contributed by atoms with Crippen LogP contribution in [0.4, 0.5) is 0 Å². The third kappa shape index (κ3) is 1.67. The van der Waals surface area contributed by atoms with Crippen LogP contribution in [0.5, 0.6) is 0 Å². The van der Waals surface area contributed by atoms with Gasteiger partial charge in [-0.2, -0.15) is 0 Å². The molecule has 1 aliphatic rings. The molecule has 14 heavy (non-hydrogen) atoms. The Hall–Kier alpha value is -0.870. The lowest BCUT2D eigenvalue weighted by atomic mass is 9.92. The second-order valence-corrected chi connectivity index (χ2v) is 4.53. The average molecular weight is 211 g/mol. The molecule has 0 radical (unpaired) electrons. The quantitative estimate of drug-likeness (QED) is 0.743. The number of fused-ring (bicyclic) bond motifs is 1. The highest BCUT2D eigenvalue weighted by Crippen LogP contribution is 2.39. The molecule has 0 aliphatic heterocycles. The van der Waals surface area contributed by atoms with Gasteiger partial charge in [-0.1, -0.05) is 0 Å². The number of nitrogens with one attached hydrogen (secondary N) is 1. The summed E-state index contributed by atoms with van der Waals surface area (Å²) in [6.45, 7) is 1.52. The zero-order valence-corrected chi connectivity index (χ0v) is 8.80. The summed E-state index contributed by atoms with van der Waals surface area (Å²) in [4.78, 5) is 12.0. The predicted octanol–water partition coefficient (Wildman–Crippen LogP) is 1.75. The molecule has 1 heterocycles. The number of aliphatic hydroxyl groups is 1. The molecule has 1 aromatic heterocycles. The van der Waals surface area contributed by atoms with Crippen LogP contribution in [0.2, 0.25) is 0 Å². The van der Waals surface area contributed by atoms with E-state index in [1.165, 1.54) is 6.92 Å². The normalized spacial score (nSPS) is 25.6. The number of carbonyl (C=O) groups is 1. The third-order valence-corrected chi connectivity index (χ3v) is 3.55. The summed E-state index contributed by atoms with van der Waals surface area (Å²) in [7, 11) is 0. The van der Waals surface area contributed by atoms with Gasteiger partial charge in [0.25, 0.3) is 0 Å². The van der Waals surface area contributed by atoms with E-state index < -0.39 is 0 Å². The zero-order valence-electron chi connectivity index (χ0n) is 7.99. The standard InChI is InChI=1S/C10H13NO2S/c1-6(12)11-8-2-3-9(13)10-7(8)4-5-14-10/h4-5,8-9,13H,2-3H2,1H3,(H,11,12). The number of hydrogen-bond donors (Lipinski definition) is 2. The van der Waals surface area contributed by atoms with Crippen molar-refractivity contribution < 1.29 is 9.90 Å². The van der Waals surface area contributed by atoms with Gasteiger partial charge in [0, 0.05) is 11.8 Å². The Bertz CT molecular complexity index is 348. The first-order valence-corrected chi connectivity index (χ1v) is 5.59. The summed E-state index contributed by atoms with van der Waals surface area (Å²) in [6.07, 6.45) is 1.22. The van der Waals surface area contributed by atoms with Crippen LogP contribution < -0.4 is 5.32 Å². The number of thiophene rings is 1. The Kier molecular flexibility index (Phi) is 2.56. The largest absolute Gasteiger partial charge is 0.388 e. The number of rotatable bonds is 1. The SMILES string of the molecule is CC(=O)NC1CCC(O)c2sccc21. The molecule has 3 nitrogen and oxygen atoms in total. The van der Waals surface area contributed by atoms with Crippen molar-refractivity contribution in [3.05, 3.63) is 21.9 Å². The van der Waals surface area contributed by atoms with Crippen molar-refractivity contribution in [2.45, 2.75) is 31.9 Å². The van der Waals surface area contributed by atoms with Crippen LogP contribution in [-0.2, 0) is 4.79 Å². The summed E-state index contributed by atoms with van der Waals surface area (Å²) in [5.74, 6) is -0.0106. The molecule has 2 unspecified atom stereocenters. The molecule has 1 amide bonds. The van der Waals surface area contributed by atoms with E-state index in [1.54, 1.807) is 11.3 Å². The molecule has 2 rings (SSSR count). The van der Waals surface area contributed by atoms with E-state index in [0.717, 1.165) is 23.3 Å². The first kappa shape index (κ1) is 9.68. The Labute approximate surface area is 86.8 Å². The minimum atomic E-state index is -0.338. The Morgan fingerprint density at radius 3 is 3.14 bits per heavy atom. The van der Waals surface area contributed by atoms with Crippen LogP contribution in [0.3, 0.4) is 0 Å². The minimum Gasteiger partial charge on any atom is -0.388 e. The molecule has 0 bridgehead atoms. The summed E-state index contributed by atoms with van der Waals surface area (Å²) in [5, 5.41) is 14.6. The van der Waals surface area contributed by atoms with Crippen molar-refractivity contribution in [3.8, 4) is 0 Å². The van der Waals surface area contributed by atoms with Gasteiger partial charge in [0.2, 0.25) is 5.91 Å². The van der Waals surface area contributed by atoms with Gasteiger partial charge in [0.05, 0.1) is 12.1 Å². The fourth-order valence-electron chi connectivity index (χ4n) is 1.90. The van der Waals surface area contributed by atoms with Crippen LogP contribution in [0, 0.1) is 0 Å². The van der Waals surface area contributed by atoms with E-state index in [9.17, 15) is 9.90 Å². The van der Waals surface area contributed by atoms with Gasteiger partial charge >= 0.3 is 0 Å². The maximum Gasteiger partial charge on any atom is 0.217 e. The lowest BCUT2D eigenvalue weighted by Crippen LogP contribution is -2.29. The molecule has 0 aromatic carbocycles. The monoisotopic (exact) mass is 211 g/mol. The van der Waals surface area contributed by atoms with E-state index in [1.807, 2.05) is 11.4 Å². The van der Waals surface area contributed by atoms with Gasteiger partial charge in [-0.15, -0.1) is 11.3 Å². The van der Waals surface area contributed by atoms with Crippen molar-refractivity contribution in [2.75, 3.05) is 0 Å². The maximum atomic E-state index is 11.0. The third-order valence-electron chi connectivity index (χ3n) is 2.51. The van der Waals surface area contributed by atoms with Gasteiger partial charge in [-0.25, -0.2) is 0 Å². The number of carbonyl (C=O) groups excluding carboxylic acids is 1. The van der Waals surface area contributed by atoms with Crippen molar-refractivity contribution in [2.24, 2.45) is 0 Å². The van der Waals surface area contributed by atoms with Crippen molar-refractivity contribution in [1.29, 1.82) is 0 Å². The number of aliphatic hydroxyl groups excluding tert-OH is 1. The molecule has 76 valence electrons. The zero-order chi connectivity index (χ0) is 10.1. The lowest BCUT2D eigenvalue weighted by Gasteiger charge is -2.26. The average Bonchev–Trinajstić information content (AvgIpc) is 2.58. The van der Waals surface area contributed by atoms with Crippen LogP contribution in [0.1, 0.15) is 42.4 Å². The van der Waals surface area contributed by atoms with Gasteiger partial charge in [-0.3, -0.25) is 4.79 Å². The number of amides is 1. The highest BCUT2D eigenvalue weighted by Gasteiger charge is 2.27. The first-order valence-electron chi connectivity index (χ1n) is 4.71. The second kappa shape index (κ2) is 3.71. The molecule has 0 saturated heterocycles. The van der Waals surface area contributed by atoms with E-state index in [0.29, 0.717) is 0 Å². The van der Waals surface area contributed by atoms with Gasteiger partial charge < -0.3 is 10.4 Å². The van der Waals surface area contributed by atoms with Crippen molar-refractivity contribution >= 4 is 17.2 Å². The Balaban J connectivity index is 2.24. The smallest absolute Gasteiger partial charge is 0.217 e. The second-order valence-electron chi connectivity index (χ2n) is 3.59. The van der Waals surface area contributed by atoms with Gasteiger partial charge in [0.1, 0.15) is 0 Å². The lowest BCUT2D eigenvalue weighted by molar-refractivity contribution is -0.119. The molecule has 2 atom stereocenters. The molecule has 0 fully saturated rings. The van der Waals surface area contributed by atoms with Crippen LogP contribution in [0.25, 0.3) is 0 Å². The molecule has 0 saturated carbocycles. The molecular weight excluding hydrogens is 198 g/mol. The molecule has 0 spiro atoms. The molecular formula is C10H13NO2S. The fraction of sp³-hybridized carbons (Fsp3) is 0.500. The Morgan fingerprint density at radius 1 is 1.64 bits per heavy atom. The van der Waals surface area contributed by atoms with Gasteiger partial charge in [0.15, 0.2) is 0 Å². The highest BCUT2D eigenvalue weighted by molar-refractivity contribution is 7.10. The van der Waals surface area contributed by atoms with Crippen LogP contribution >= 0.6 is 11.3 Å². The van der Waals surface area contributed by atoms with Gasteiger partial charge in [-0.05, 0) is 29.9 Å². The maximum absolute atomic E-state index is 11.0. The van der Waals surface area contributed by atoms with E-state index in [4.69, 9.17) is 0 Å². The summed E-state index contributed by atoms with van der Waals surface area (Å²) in [6, 6.07) is 2.08. The molecule has 1 aromatic rings. The summed E-state index contributed by atoms with van der Waals surface area (Å²) >= 11 is 1.56. The van der Waals surface area contributed by atoms with E-state index >= 15 is 0 Å². The van der Waals surface area contributed by atoms with Crippen molar-refractivity contribution in [1.82, 2.24) is 5.32 Å². The number of hydrogen-bond acceptors (Lipinski definition) is 3. The van der Waals surface area contributed by atoms with Crippen LogP contribution in [0.15, 0.2) is 11.4 Å². The fourth-order valence-corrected chi connectivity index (χ4v) is 2.88. The summed E-state index contributed by atoms with van der Waals surface area (Å²) in [5.41, 5.74) is 1.09. The predicted molar refractivity (Wildman–Crippen MR) is 55.1 cm³/mol. The molecule has 4 heteroatoms. The van der Waals surface area contributed by atoms with E-state index in [2.05, 4.69) is 5.32 Å². The first-order chi connectivity index (χ1) is 6.68. The Morgan fingerprint density at radius 2 is 2.43 bits per heavy atom. The molecule has 2 N–H and O–H groups in total. The highest BCUT2D eigenvalue weighted by atomic mass is 32.1.